The van der Waals surface area contributed by atoms with Gasteiger partial charge in [-0.25, -0.2) is 0 Å². The highest BCUT2D eigenvalue weighted by molar-refractivity contribution is 6.15. The second-order valence-electron chi connectivity index (χ2n) is 8.44. The number of Topliss-reactive ketones (excluding diaryl/α,β-unsaturated/α-hetero) is 1. The van der Waals surface area contributed by atoms with Crippen LogP contribution in [0.5, 0.6) is 11.5 Å². The number of carbonyl (C=O) groups excluding carboxylic acids is 2. The fourth-order valence-corrected chi connectivity index (χ4v) is 4.15. The van der Waals surface area contributed by atoms with Crippen LogP contribution in [0.25, 0.3) is 0 Å². The minimum Gasteiger partial charge on any atom is -0.503 e. The Morgan fingerprint density at radius 3 is 2.51 bits per heavy atom. The number of unbranched alkanes of at least 4 members (excludes halogenated alkanes) is 2. The molecule has 0 saturated carbocycles. The summed E-state index contributed by atoms with van der Waals surface area (Å²) in [5, 5.41) is 10.8. The smallest absolute Gasteiger partial charge is 0.290 e. The molecule has 1 aromatic carbocycles. The highest BCUT2D eigenvalue weighted by Gasteiger charge is 2.44. The van der Waals surface area contributed by atoms with Gasteiger partial charge in [-0.05, 0) is 56.5 Å². The zero-order valence-corrected chi connectivity index (χ0v) is 21.0. The maximum Gasteiger partial charge on any atom is 0.290 e. The van der Waals surface area contributed by atoms with Gasteiger partial charge in [0.15, 0.2) is 23.0 Å². The molecule has 1 aliphatic heterocycles. The van der Waals surface area contributed by atoms with Crippen LogP contribution in [-0.2, 0) is 9.53 Å². The molecule has 0 spiro atoms. The van der Waals surface area contributed by atoms with Crippen LogP contribution in [0.15, 0.2) is 46.1 Å². The molecule has 2 heterocycles. The molecule has 0 saturated heterocycles. The van der Waals surface area contributed by atoms with Crippen LogP contribution in [-0.4, -0.2) is 55.2 Å². The molecule has 1 aromatic heterocycles. The van der Waals surface area contributed by atoms with Crippen molar-refractivity contribution in [1.29, 1.82) is 0 Å². The van der Waals surface area contributed by atoms with Crippen LogP contribution in [0.4, 0.5) is 0 Å². The average Bonchev–Trinajstić information content (AvgIpc) is 3.39. The van der Waals surface area contributed by atoms with Crippen molar-refractivity contribution in [2.75, 3.05) is 33.5 Å². The van der Waals surface area contributed by atoms with E-state index in [1.54, 1.807) is 44.4 Å². The molecular formula is C27H35NO7. The van der Waals surface area contributed by atoms with E-state index in [0.717, 1.165) is 19.3 Å². The van der Waals surface area contributed by atoms with E-state index in [0.29, 0.717) is 55.6 Å². The van der Waals surface area contributed by atoms with E-state index in [1.165, 1.54) is 4.90 Å². The molecule has 190 valence electrons. The maximum absolute atomic E-state index is 13.4. The van der Waals surface area contributed by atoms with E-state index < -0.39 is 23.5 Å². The number of amides is 1. The summed E-state index contributed by atoms with van der Waals surface area (Å²) in [5.74, 6) is 0.0689. The fourth-order valence-electron chi connectivity index (χ4n) is 4.15. The van der Waals surface area contributed by atoms with Gasteiger partial charge in [-0.1, -0.05) is 25.8 Å². The van der Waals surface area contributed by atoms with E-state index in [2.05, 4.69) is 6.92 Å². The average molecular weight is 486 g/mol. The summed E-state index contributed by atoms with van der Waals surface area (Å²) in [6, 6.07) is 7.79. The standard InChI is InChI=1S/C27H35NO7/c1-5-7-8-16-34-20-13-11-19(17-22(20)33-6-2)24-23(25(29)21-12-10-18(3)35-21)26(30)27(31)28(24)14-9-15-32-4/h10-13,17,24,30H,5-9,14-16H2,1-4H3. The van der Waals surface area contributed by atoms with Crippen molar-refractivity contribution >= 4 is 11.7 Å². The summed E-state index contributed by atoms with van der Waals surface area (Å²) >= 11 is 0. The van der Waals surface area contributed by atoms with Gasteiger partial charge in [0, 0.05) is 20.3 Å². The number of aryl methyl sites for hydroxylation is 1. The van der Waals surface area contributed by atoms with Gasteiger partial charge in [0.2, 0.25) is 5.78 Å². The maximum atomic E-state index is 13.4. The summed E-state index contributed by atoms with van der Waals surface area (Å²) < 4.78 is 22.4. The molecule has 8 nitrogen and oxygen atoms in total. The number of hydrogen-bond donors (Lipinski definition) is 1. The number of hydrogen-bond acceptors (Lipinski definition) is 7. The summed E-state index contributed by atoms with van der Waals surface area (Å²) in [6.45, 7) is 7.47. The Kier molecular flexibility index (Phi) is 9.37. The van der Waals surface area contributed by atoms with Gasteiger partial charge >= 0.3 is 0 Å². The molecule has 1 atom stereocenters. The van der Waals surface area contributed by atoms with Crippen LogP contribution < -0.4 is 9.47 Å². The molecule has 0 bridgehead atoms. The highest BCUT2D eigenvalue weighted by atomic mass is 16.5. The number of aliphatic hydroxyl groups is 1. The van der Waals surface area contributed by atoms with E-state index in [-0.39, 0.29) is 11.3 Å². The van der Waals surface area contributed by atoms with Crippen molar-refractivity contribution in [3.8, 4) is 11.5 Å². The zero-order chi connectivity index (χ0) is 25.4. The molecule has 3 rings (SSSR count). The second-order valence-corrected chi connectivity index (χ2v) is 8.44. The van der Waals surface area contributed by atoms with E-state index in [4.69, 9.17) is 18.6 Å². The Bertz CT molecular complexity index is 1060. The van der Waals surface area contributed by atoms with Gasteiger partial charge < -0.3 is 28.6 Å². The molecule has 35 heavy (non-hydrogen) atoms. The zero-order valence-electron chi connectivity index (χ0n) is 21.0. The van der Waals surface area contributed by atoms with Gasteiger partial charge in [0.1, 0.15) is 5.76 Å². The van der Waals surface area contributed by atoms with Crippen LogP contribution in [0.3, 0.4) is 0 Å². The lowest BCUT2D eigenvalue weighted by atomic mass is 9.94. The molecule has 1 amide bonds. The Labute approximate surface area is 206 Å². The third kappa shape index (κ3) is 6.06. The lowest BCUT2D eigenvalue weighted by molar-refractivity contribution is -0.129. The van der Waals surface area contributed by atoms with Gasteiger partial charge in [-0.15, -0.1) is 0 Å². The number of ether oxygens (including phenoxy) is 3. The Hall–Kier alpha value is -3.26. The van der Waals surface area contributed by atoms with Crippen molar-refractivity contribution in [3.63, 3.8) is 0 Å². The number of rotatable bonds is 14. The van der Waals surface area contributed by atoms with Crippen LogP contribution >= 0.6 is 0 Å². The van der Waals surface area contributed by atoms with Crippen molar-refractivity contribution < 1.29 is 33.3 Å². The number of nitrogens with zero attached hydrogens (tertiary/aromatic N) is 1. The normalized spacial score (nSPS) is 15.7. The van der Waals surface area contributed by atoms with Gasteiger partial charge in [0.05, 0.1) is 24.8 Å². The topological polar surface area (TPSA) is 98.4 Å². The number of aliphatic hydroxyl groups excluding tert-OH is 1. The largest absolute Gasteiger partial charge is 0.503 e. The van der Waals surface area contributed by atoms with Crippen LogP contribution in [0.1, 0.15) is 67.5 Å². The van der Waals surface area contributed by atoms with Crippen molar-refractivity contribution in [2.24, 2.45) is 0 Å². The first-order valence-electron chi connectivity index (χ1n) is 12.2. The molecule has 2 aromatic rings. The van der Waals surface area contributed by atoms with Gasteiger partial charge in [-0.2, -0.15) is 0 Å². The van der Waals surface area contributed by atoms with Crippen LogP contribution in [0, 0.1) is 6.92 Å². The number of ketones is 1. The molecule has 1 aliphatic rings. The monoisotopic (exact) mass is 485 g/mol. The number of methoxy groups -OCH3 is 1. The number of furan rings is 1. The lowest BCUT2D eigenvalue weighted by Crippen LogP contribution is -2.32. The molecule has 1 N–H and O–H groups in total. The third-order valence-electron chi connectivity index (χ3n) is 5.85. The SMILES string of the molecule is CCCCCOc1ccc(C2C(C(=O)c3ccc(C)o3)=C(O)C(=O)N2CCCOC)cc1OCC. The van der Waals surface area contributed by atoms with Crippen molar-refractivity contribution in [1.82, 2.24) is 4.90 Å². The Balaban J connectivity index is 2.00. The molecular weight excluding hydrogens is 450 g/mol. The Morgan fingerprint density at radius 2 is 1.86 bits per heavy atom. The van der Waals surface area contributed by atoms with E-state index in [1.807, 2.05) is 6.92 Å². The fraction of sp³-hybridized carbons (Fsp3) is 0.481. The van der Waals surface area contributed by atoms with Crippen LogP contribution in [0.2, 0.25) is 0 Å². The number of carbonyl (C=O) groups is 2. The molecule has 8 heteroatoms. The van der Waals surface area contributed by atoms with Gasteiger partial charge in [-0.3, -0.25) is 9.59 Å². The van der Waals surface area contributed by atoms with E-state index >= 15 is 0 Å². The minimum atomic E-state index is -0.800. The highest BCUT2D eigenvalue weighted by Crippen LogP contribution is 2.42. The summed E-state index contributed by atoms with van der Waals surface area (Å²) in [7, 11) is 1.58. The number of benzene rings is 1. The predicted octanol–water partition coefficient (Wildman–Crippen LogP) is 5.17. The first-order chi connectivity index (χ1) is 16.9. The third-order valence-corrected chi connectivity index (χ3v) is 5.85. The van der Waals surface area contributed by atoms with Crippen molar-refractivity contribution in [2.45, 2.75) is 52.5 Å². The summed E-state index contributed by atoms with van der Waals surface area (Å²) in [5.41, 5.74) is 0.622. The first kappa shape index (κ1) is 26.3. The lowest BCUT2D eigenvalue weighted by Gasteiger charge is -2.27. The van der Waals surface area contributed by atoms with Gasteiger partial charge in [0.25, 0.3) is 5.91 Å². The minimum absolute atomic E-state index is 0.0131. The molecule has 1 unspecified atom stereocenters. The second kappa shape index (κ2) is 12.4. The summed E-state index contributed by atoms with van der Waals surface area (Å²) in [4.78, 5) is 27.9. The van der Waals surface area contributed by atoms with Crippen molar-refractivity contribution in [3.05, 3.63) is 58.7 Å². The molecule has 0 radical (unpaired) electrons. The molecule has 0 fully saturated rings. The predicted molar refractivity (Wildman–Crippen MR) is 131 cm³/mol. The quantitative estimate of drug-likeness (QED) is 0.291. The molecule has 0 aliphatic carbocycles. The Morgan fingerprint density at radius 1 is 1.06 bits per heavy atom. The summed E-state index contributed by atoms with van der Waals surface area (Å²) in [6.07, 6.45) is 3.65. The van der Waals surface area contributed by atoms with E-state index in [9.17, 15) is 14.7 Å². The first-order valence-corrected chi connectivity index (χ1v) is 12.2.